The van der Waals surface area contributed by atoms with E-state index in [-0.39, 0.29) is 18.0 Å². The maximum absolute atomic E-state index is 12.8. The van der Waals surface area contributed by atoms with E-state index in [0.29, 0.717) is 5.92 Å². The normalized spacial score (nSPS) is 18.6. The molecule has 0 radical (unpaired) electrons. The molecule has 3 rings (SSSR count). The molecule has 2 aromatic rings. The van der Waals surface area contributed by atoms with Gasteiger partial charge in [-0.05, 0) is 43.2 Å². The van der Waals surface area contributed by atoms with E-state index in [9.17, 15) is 4.79 Å². The summed E-state index contributed by atoms with van der Waals surface area (Å²) in [6, 6.07) is 8.53. The van der Waals surface area contributed by atoms with Crippen molar-refractivity contribution in [1.29, 1.82) is 0 Å². The van der Waals surface area contributed by atoms with E-state index < -0.39 is 0 Å². The fourth-order valence-electron chi connectivity index (χ4n) is 3.43. The van der Waals surface area contributed by atoms with Gasteiger partial charge < -0.3 is 10.2 Å². The second-order valence-corrected chi connectivity index (χ2v) is 8.11. The number of thiazole rings is 1. The molecule has 1 aliphatic heterocycles. The molecule has 0 spiro atoms. The summed E-state index contributed by atoms with van der Waals surface area (Å²) < 4.78 is 0. The Balaban J connectivity index is 1.62. The van der Waals surface area contributed by atoms with Gasteiger partial charge in [-0.1, -0.05) is 38.1 Å². The number of benzene rings is 1. The van der Waals surface area contributed by atoms with Crippen LogP contribution in [0.3, 0.4) is 0 Å². The van der Waals surface area contributed by atoms with Crippen molar-refractivity contribution in [3.05, 3.63) is 47.0 Å². The zero-order valence-corrected chi connectivity index (χ0v) is 16.1. The van der Waals surface area contributed by atoms with Gasteiger partial charge in [0.2, 0.25) is 5.91 Å². The van der Waals surface area contributed by atoms with Crippen LogP contribution in [-0.4, -0.2) is 23.5 Å². The molecule has 1 aromatic heterocycles. The molecule has 0 aliphatic carbocycles. The topological polar surface area (TPSA) is 45.2 Å². The highest BCUT2D eigenvalue weighted by Gasteiger charge is 2.32. The van der Waals surface area contributed by atoms with Gasteiger partial charge in [-0.15, -0.1) is 11.3 Å². The lowest BCUT2D eigenvalue weighted by molar-refractivity contribution is -0.122. The third-order valence-corrected chi connectivity index (χ3v) is 5.51. The Labute approximate surface area is 154 Å². The Hall–Kier alpha value is -1.88. The van der Waals surface area contributed by atoms with Crippen molar-refractivity contribution in [3.63, 3.8) is 0 Å². The molecule has 1 aliphatic rings. The van der Waals surface area contributed by atoms with E-state index >= 15 is 0 Å². The molecular formula is C20H27N3OS. The van der Waals surface area contributed by atoms with E-state index in [4.69, 9.17) is 0 Å². The quantitative estimate of drug-likeness (QED) is 0.843. The van der Waals surface area contributed by atoms with Crippen LogP contribution in [0.15, 0.2) is 35.8 Å². The molecule has 1 fully saturated rings. The molecule has 0 saturated carbocycles. The highest BCUT2D eigenvalue weighted by atomic mass is 32.1. The van der Waals surface area contributed by atoms with Gasteiger partial charge in [-0.3, -0.25) is 4.79 Å². The number of amides is 1. The van der Waals surface area contributed by atoms with Crippen LogP contribution in [0.1, 0.15) is 50.8 Å². The molecule has 0 bridgehead atoms. The number of anilines is 1. The third-order valence-electron chi connectivity index (χ3n) is 4.70. The van der Waals surface area contributed by atoms with E-state index in [1.54, 1.807) is 17.5 Å². The van der Waals surface area contributed by atoms with Crippen molar-refractivity contribution in [2.24, 2.45) is 5.92 Å². The van der Waals surface area contributed by atoms with Crippen LogP contribution in [0, 0.1) is 5.92 Å². The summed E-state index contributed by atoms with van der Waals surface area (Å²) in [4.78, 5) is 19.3. The zero-order chi connectivity index (χ0) is 17.8. The maximum atomic E-state index is 12.8. The lowest BCUT2D eigenvalue weighted by atomic mass is 10.00. The first-order valence-corrected chi connectivity index (χ1v) is 9.98. The Kier molecular flexibility index (Phi) is 5.74. The van der Waals surface area contributed by atoms with Gasteiger partial charge in [0.05, 0.1) is 6.04 Å². The Bertz CT molecular complexity index is 681. The molecule has 5 heteroatoms. The lowest BCUT2D eigenvalue weighted by Gasteiger charge is -2.25. The maximum Gasteiger partial charge on any atom is 0.243 e. The molecule has 1 aromatic carbocycles. The Morgan fingerprint density at radius 2 is 2.08 bits per heavy atom. The number of rotatable bonds is 6. The molecular weight excluding hydrogens is 330 g/mol. The molecule has 1 N–H and O–H groups in total. The van der Waals surface area contributed by atoms with Crippen LogP contribution in [0.4, 0.5) is 5.13 Å². The minimum Gasteiger partial charge on any atom is -0.348 e. The van der Waals surface area contributed by atoms with Crippen LogP contribution in [-0.2, 0) is 11.2 Å². The third kappa shape index (κ3) is 4.40. The summed E-state index contributed by atoms with van der Waals surface area (Å²) in [5, 5.41) is 6.10. The van der Waals surface area contributed by atoms with Gasteiger partial charge in [-0.2, -0.15) is 0 Å². The van der Waals surface area contributed by atoms with Crippen LogP contribution in [0.5, 0.6) is 0 Å². The van der Waals surface area contributed by atoms with Gasteiger partial charge >= 0.3 is 0 Å². The summed E-state index contributed by atoms with van der Waals surface area (Å²) in [6.45, 7) is 7.42. The average Bonchev–Trinajstić information content (AvgIpc) is 3.26. The number of hydrogen-bond donors (Lipinski definition) is 1. The first-order chi connectivity index (χ1) is 12.0. The van der Waals surface area contributed by atoms with Gasteiger partial charge in [0.25, 0.3) is 0 Å². The van der Waals surface area contributed by atoms with Crippen LogP contribution >= 0.6 is 11.3 Å². The smallest absolute Gasteiger partial charge is 0.243 e. The molecule has 1 saturated heterocycles. The predicted molar refractivity (Wildman–Crippen MR) is 104 cm³/mol. The van der Waals surface area contributed by atoms with Crippen molar-refractivity contribution in [3.8, 4) is 0 Å². The number of hydrogen-bond acceptors (Lipinski definition) is 4. The first kappa shape index (κ1) is 17.9. The highest BCUT2D eigenvalue weighted by molar-refractivity contribution is 7.13. The lowest BCUT2D eigenvalue weighted by Crippen LogP contribution is -2.44. The second-order valence-electron chi connectivity index (χ2n) is 7.24. The van der Waals surface area contributed by atoms with Crippen molar-refractivity contribution >= 4 is 22.4 Å². The van der Waals surface area contributed by atoms with Crippen molar-refractivity contribution in [2.45, 2.75) is 52.1 Å². The summed E-state index contributed by atoms with van der Waals surface area (Å²) >= 11 is 1.60. The molecule has 134 valence electrons. The van der Waals surface area contributed by atoms with E-state index in [0.717, 1.165) is 36.5 Å². The summed E-state index contributed by atoms with van der Waals surface area (Å²) in [5.41, 5.74) is 2.50. The monoisotopic (exact) mass is 357 g/mol. The van der Waals surface area contributed by atoms with Crippen molar-refractivity contribution < 1.29 is 4.79 Å². The number of nitrogens with one attached hydrogen (secondary N) is 1. The molecule has 1 amide bonds. The minimum absolute atomic E-state index is 0.0133. The minimum atomic E-state index is -0.103. The number of nitrogens with zero attached hydrogens (tertiary/aromatic N) is 2. The summed E-state index contributed by atoms with van der Waals surface area (Å²) in [5.74, 6) is 0.758. The Morgan fingerprint density at radius 3 is 2.72 bits per heavy atom. The number of carbonyl (C=O) groups is 1. The standard InChI is InChI=1S/C20H27N3OS/c1-14(2)13-16-6-8-17(9-7-16)15(3)22-19(24)18-5-4-11-23(18)20-21-10-12-25-20/h6-10,12,14-15,18H,4-5,11,13H2,1-3H3,(H,22,24). The predicted octanol–water partition coefficient (Wildman–Crippen LogP) is 4.19. The second kappa shape index (κ2) is 8.00. The summed E-state index contributed by atoms with van der Waals surface area (Å²) in [6.07, 6.45) is 4.82. The van der Waals surface area contributed by atoms with Crippen molar-refractivity contribution in [1.82, 2.24) is 10.3 Å². The summed E-state index contributed by atoms with van der Waals surface area (Å²) in [7, 11) is 0. The largest absolute Gasteiger partial charge is 0.348 e. The van der Waals surface area contributed by atoms with E-state index in [1.165, 1.54) is 5.56 Å². The fourth-order valence-corrected chi connectivity index (χ4v) is 4.15. The van der Waals surface area contributed by atoms with Crippen molar-refractivity contribution in [2.75, 3.05) is 11.4 Å². The zero-order valence-electron chi connectivity index (χ0n) is 15.2. The molecule has 25 heavy (non-hydrogen) atoms. The fraction of sp³-hybridized carbons (Fsp3) is 0.500. The van der Waals surface area contributed by atoms with Gasteiger partial charge in [0.15, 0.2) is 5.13 Å². The van der Waals surface area contributed by atoms with Gasteiger partial charge in [0.1, 0.15) is 6.04 Å². The van der Waals surface area contributed by atoms with Gasteiger partial charge in [-0.25, -0.2) is 4.98 Å². The van der Waals surface area contributed by atoms with Gasteiger partial charge in [0, 0.05) is 18.1 Å². The molecule has 4 nitrogen and oxygen atoms in total. The Morgan fingerprint density at radius 1 is 1.32 bits per heavy atom. The molecule has 2 heterocycles. The average molecular weight is 358 g/mol. The van der Waals surface area contributed by atoms with Crippen LogP contribution in [0.2, 0.25) is 0 Å². The van der Waals surface area contributed by atoms with Crippen LogP contribution < -0.4 is 10.2 Å². The van der Waals surface area contributed by atoms with E-state index in [2.05, 4.69) is 60.2 Å². The molecule has 2 atom stereocenters. The SMILES string of the molecule is CC(C)Cc1ccc(C(C)NC(=O)C2CCCN2c2nccs2)cc1. The highest BCUT2D eigenvalue weighted by Crippen LogP contribution is 2.27. The van der Waals surface area contributed by atoms with Crippen LogP contribution in [0.25, 0.3) is 0 Å². The number of carbonyl (C=O) groups excluding carboxylic acids is 1. The van der Waals surface area contributed by atoms with E-state index in [1.807, 2.05) is 5.38 Å². The first-order valence-electron chi connectivity index (χ1n) is 9.10. The molecule has 2 unspecified atom stereocenters. The number of aromatic nitrogens is 1.